The van der Waals surface area contributed by atoms with Gasteiger partial charge in [-0.1, -0.05) is 0 Å². The lowest BCUT2D eigenvalue weighted by atomic mass is 10.0. The molecule has 0 aromatic rings. The van der Waals surface area contributed by atoms with Crippen molar-refractivity contribution < 1.29 is 9.59 Å². The van der Waals surface area contributed by atoms with Crippen LogP contribution in [0.15, 0.2) is 0 Å². The summed E-state index contributed by atoms with van der Waals surface area (Å²) in [5.41, 5.74) is 4.52. The predicted molar refractivity (Wildman–Crippen MR) is 54.5 cm³/mol. The zero-order valence-electron chi connectivity index (χ0n) is 8.96. The summed E-state index contributed by atoms with van der Waals surface area (Å²) in [6.45, 7) is 3.59. The summed E-state index contributed by atoms with van der Waals surface area (Å²) in [6, 6.07) is 1.79. The maximum atomic E-state index is 11.1. The van der Waals surface area contributed by atoms with Crippen LogP contribution in [0.25, 0.3) is 0 Å². The first-order valence-corrected chi connectivity index (χ1v) is 4.54. The second-order valence-corrected chi connectivity index (χ2v) is 3.82. The van der Waals surface area contributed by atoms with Gasteiger partial charge < -0.3 is 16.4 Å². The zero-order chi connectivity index (χ0) is 11.9. The van der Waals surface area contributed by atoms with E-state index in [0.29, 0.717) is 0 Å². The smallest absolute Gasteiger partial charge is 0.234 e. The standard InChI is InChI=1S/C9H16N4O2/c1-9(2,5-7(11)14)13-6-8(15)12-4-3-10/h13H,4-6H2,1-2H3,(H2,11,14)(H,12,15). The van der Waals surface area contributed by atoms with Crippen molar-refractivity contribution in [2.75, 3.05) is 13.1 Å². The van der Waals surface area contributed by atoms with E-state index in [2.05, 4.69) is 10.6 Å². The molecule has 0 aromatic carbocycles. The second kappa shape index (κ2) is 5.98. The third-order valence-corrected chi connectivity index (χ3v) is 1.71. The number of carbonyl (C=O) groups excluding carboxylic acids is 2. The summed E-state index contributed by atoms with van der Waals surface area (Å²) >= 11 is 0. The number of nitrogens with one attached hydrogen (secondary N) is 2. The van der Waals surface area contributed by atoms with E-state index in [0.717, 1.165) is 0 Å². The van der Waals surface area contributed by atoms with Crippen molar-refractivity contribution in [1.29, 1.82) is 5.26 Å². The van der Waals surface area contributed by atoms with Crippen LogP contribution in [0, 0.1) is 11.3 Å². The Hall–Kier alpha value is -1.61. The summed E-state index contributed by atoms with van der Waals surface area (Å²) < 4.78 is 0. The van der Waals surface area contributed by atoms with Crippen LogP contribution >= 0.6 is 0 Å². The number of amides is 2. The maximum absolute atomic E-state index is 11.1. The number of nitrogens with two attached hydrogens (primary N) is 1. The van der Waals surface area contributed by atoms with Gasteiger partial charge in [-0.2, -0.15) is 5.26 Å². The number of hydrogen-bond donors (Lipinski definition) is 3. The molecule has 0 rings (SSSR count). The van der Waals surface area contributed by atoms with Crippen molar-refractivity contribution in [3.8, 4) is 6.07 Å². The van der Waals surface area contributed by atoms with Gasteiger partial charge in [-0.3, -0.25) is 9.59 Å². The first-order chi connectivity index (χ1) is 6.87. The topological polar surface area (TPSA) is 108 Å². The molecule has 0 bridgehead atoms. The zero-order valence-corrected chi connectivity index (χ0v) is 8.96. The third kappa shape index (κ3) is 7.46. The van der Waals surface area contributed by atoms with Crippen LogP contribution in [-0.4, -0.2) is 30.4 Å². The van der Waals surface area contributed by atoms with E-state index >= 15 is 0 Å². The molecule has 0 fully saturated rings. The van der Waals surface area contributed by atoms with Gasteiger partial charge in [0.05, 0.1) is 12.6 Å². The molecule has 0 heterocycles. The molecule has 0 unspecified atom stereocenters. The fourth-order valence-electron chi connectivity index (χ4n) is 1.02. The van der Waals surface area contributed by atoms with Gasteiger partial charge in [-0.05, 0) is 13.8 Å². The number of carbonyl (C=O) groups is 2. The Bertz CT molecular complexity index is 280. The van der Waals surface area contributed by atoms with Crippen molar-refractivity contribution in [1.82, 2.24) is 10.6 Å². The van der Waals surface area contributed by atoms with Crippen molar-refractivity contribution in [2.45, 2.75) is 25.8 Å². The Labute approximate surface area is 88.8 Å². The van der Waals surface area contributed by atoms with Crippen LogP contribution in [0.4, 0.5) is 0 Å². The molecular formula is C9H16N4O2. The molecule has 0 aliphatic carbocycles. The lowest BCUT2D eigenvalue weighted by Crippen LogP contribution is -2.47. The van der Waals surface area contributed by atoms with Gasteiger partial charge in [-0.15, -0.1) is 0 Å². The minimum absolute atomic E-state index is 0.0171. The lowest BCUT2D eigenvalue weighted by molar-refractivity contribution is -0.122. The van der Waals surface area contributed by atoms with Crippen molar-refractivity contribution in [2.24, 2.45) is 5.73 Å². The normalized spacial score (nSPS) is 10.5. The van der Waals surface area contributed by atoms with Crippen molar-refractivity contribution in [3.05, 3.63) is 0 Å². The highest BCUT2D eigenvalue weighted by Crippen LogP contribution is 2.06. The molecule has 0 atom stereocenters. The highest BCUT2D eigenvalue weighted by atomic mass is 16.2. The van der Waals surface area contributed by atoms with Crippen LogP contribution in [0.5, 0.6) is 0 Å². The molecule has 6 heteroatoms. The van der Waals surface area contributed by atoms with Crippen LogP contribution < -0.4 is 16.4 Å². The van der Waals surface area contributed by atoms with E-state index < -0.39 is 11.4 Å². The summed E-state index contributed by atoms with van der Waals surface area (Å²) in [5, 5.41) is 13.5. The van der Waals surface area contributed by atoms with E-state index in [1.54, 1.807) is 19.9 Å². The van der Waals surface area contributed by atoms with Gasteiger partial charge in [0.1, 0.15) is 6.54 Å². The summed E-state index contributed by atoms with van der Waals surface area (Å²) in [7, 11) is 0. The van der Waals surface area contributed by atoms with Gasteiger partial charge in [-0.25, -0.2) is 0 Å². The largest absolute Gasteiger partial charge is 0.370 e. The Morgan fingerprint density at radius 2 is 2.07 bits per heavy atom. The Balaban J connectivity index is 3.88. The molecule has 6 nitrogen and oxygen atoms in total. The van der Waals surface area contributed by atoms with Crippen LogP contribution in [0.1, 0.15) is 20.3 Å². The fourth-order valence-corrected chi connectivity index (χ4v) is 1.02. The third-order valence-electron chi connectivity index (χ3n) is 1.71. The van der Waals surface area contributed by atoms with E-state index in [9.17, 15) is 9.59 Å². The second-order valence-electron chi connectivity index (χ2n) is 3.82. The summed E-state index contributed by atoms with van der Waals surface area (Å²) in [6.07, 6.45) is 0.151. The molecule has 84 valence electrons. The monoisotopic (exact) mass is 212 g/mol. The molecule has 0 saturated heterocycles. The fraction of sp³-hybridized carbons (Fsp3) is 0.667. The number of primary amides is 1. The van der Waals surface area contributed by atoms with Crippen LogP contribution in [0.2, 0.25) is 0 Å². The molecule has 0 aromatic heterocycles. The Morgan fingerprint density at radius 1 is 1.47 bits per heavy atom. The quantitative estimate of drug-likeness (QED) is 0.484. The van der Waals surface area contributed by atoms with Gasteiger partial charge in [0.2, 0.25) is 11.8 Å². The van der Waals surface area contributed by atoms with Crippen molar-refractivity contribution >= 4 is 11.8 Å². The van der Waals surface area contributed by atoms with Gasteiger partial charge >= 0.3 is 0 Å². The van der Waals surface area contributed by atoms with Gasteiger partial charge in [0.15, 0.2) is 0 Å². The van der Waals surface area contributed by atoms with E-state index in [-0.39, 0.29) is 25.4 Å². The summed E-state index contributed by atoms with van der Waals surface area (Å²) in [4.78, 5) is 21.8. The van der Waals surface area contributed by atoms with E-state index in [4.69, 9.17) is 11.0 Å². The number of hydrogen-bond acceptors (Lipinski definition) is 4. The molecule has 0 aliphatic heterocycles. The highest BCUT2D eigenvalue weighted by molar-refractivity contribution is 5.78. The minimum atomic E-state index is -0.518. The average Bonchev–Trinajstić information content (AvgIpc) is 2.09. The number of rotatable bonds is 6. The molecule has 0 aliphatic rings. The summed E-state index contributed by atoms with van der Waals surface area (Å²) in [5.74, 6) is -0.709. The SMILES string of the molecule is CC(C)(CC(N)=O)NCC(=O)NCC#N. The van der Waals surface area contributed by atoms with Crippen molar-refractivity contribution in [3.63, 3.8) is 0 Å². The first kappa shape index (κ1) is 13.4. The lowest BCUT2D eigenvalue weighted by Gasteiger charge is -2.24. The minimum Gasteiger partial charge on any atom is -0.370 e. The molecule has 2 amide bonds. The average molecular weight is 212 g/mol. The van der Waals surface area contributed by atoms with Crippen LogP contribution in [-0.2, 0) is 9.59 Å². The van der Waals surface area contributed by atoms with Crippen LogP contribution in [0.3, 0.4) is 0 Å². The molecular weight excluding hydrogens is 196 g/mol. The molecule has 0 spiro atoms. The molecule has 15 heavy (non-hydrogen) atoms. The molecule has 0 saturated carbocycles. The molecule has 0 radical (unpaired) electrons. The highest BCUT2D eigenvalue weighted by Gasteiger charge is 2.20. The Morgan fingerprint density at radius 3 is 2.53 bits per heavy atom. The number of nitrogens with zero attached hydrogens (tertiary/aromatic N) is 1. The predicted octanol–water partition coefficient (Wildman–Crippen LogP) is -1.13. The van der Waals surface area contributed by atoms with E-state index in [1.807, 2.05) is 0 Å². The number of nitriles is 1. The molecule has 4 N–H and O–H groups in total. The first-order valence-electron chi connectivity index (χ1n) is 4.54. The van der Waals surface area contributed by atoms with Gasteiger partial charge in [0.25, 0.3) is 0 Å². The maximum Gasteiger partial charge on any atom is 0.234 e. The van der Waals surface area contributed by atoms with E-state index in [1.165, 1.54) is 0 Å². The van der Waals surface area contributed by atoms with Gasteiger partial charge in [0, 0.05) is 12.0 Å². The Kier molecular flexibility index (Phi) is 5.34.